The van der Waals surface area contributed by atoms with Gasteiger partial charge in [-0.15, -0.1) is 0 Å². The summed E-state index contributed by atoms with van der Waals surface area (Å²) >= 11 is 0. The fourth-order valence-corrected chi connectivity index (χ4v) is 1.69. The highest BCUT2D eigenvalue weighted by Gasteiger charge is 2.11. The van der Waals surface area contributed by atoms with Crippen LogP contribution in [-0.4, -0.2) is 13.6 Å². The van der Waals surface area contributed by atoms with Gasteiger partial charge in [0, 0.05) is 19.3 Å². The van der Waals surface area contributed by atoms with Gasteiger partial charge in [-0.1, -0.05) is 30.9 Å². The van der Waals surface area contributed by atoms with Gasteiger partial charge < -0.3 is 4.90 Å². The largest absolute Gasteiger partial charge is 0.370 e. The van der Waals surface area contributed by atoms with Gasteiger partial charge in [0.25, 0.3) is 0 Å². The van der Waals surface area contributed by atoms with Gasteiger partial charge in [-0.2, -0.15) is 0 Å². The number of fused-ring (bicyclic) bond motifs is 1. The van der Waals surface area contributed by atoms with Crippen LogP contribution in [0.5, 0.6) is 0 Å². The summed E-state index contributed by atoms with van der Waals surface area (Å²) < 4.78 is 0. The van der Waals surface area contributed by atoms with Crippen LogP contribution in [0.3, 0.4) is 0 Å². The predicted molar refractivity (Wildman–Crippen MR) is 57.9 cm³/mol. The number of rotatable bonds is 1. The molecule has 1 nitrogen and oxygen atoms in total. The number of hydrogen-bond donors (Lipinski definition) is 0. The molecule has 0 bridgehead atoms. The maximum absolute atomic E-state index is 3.80. The zero-order valence-corrected chi connectivity index (χ0v) is 7.83. The van der Waals surface area contributed by atoms with Crippen LogP contribution in [-0.2, 0) is 0 Å². The summed E-state index contributed by atoms with van der Waals surface area (Å²) in [7, 11) is 2.11. The lowest BCUT2D eigenvalue weighted by molar-refractivity contribution is 0.992. The number of hydrogen-bond acceptors (Lipinski definition) is 1. The molecule has 66 valence electrons. The van der Waals surface area contributed by atoms with Gasteiger partial charge in [0.15, 0.2) is 0 Å². The standard InChI is InChI=1S/C12H13N/c1-3-10-8-11-6-4-5-7-12(11)13(2)9-10/h3-8H,1,9H2,2H3. The molecule has 0 aromatic heterocycles. The zero-order chi connectivity index (χ0) is 9.26. The molecule has 0 atom stereocenters. The first-order chi connectivity index (χ1) is 6.31. The quantitative estimate of drug-likeness (QED) is 0.628. The zero-order valence-electron chi connectivity index (χ0n) is 7.83. The highest BCUT2D eigenvalue weighted by atomic mass is 15.1. The molecule has 0 amide bonds. The summed E-state index contributed by atoms with van der Waals surface area (Å²) in [6.07, 6.45) is 4.12. The fraction of sp³-hybridized carbons (Fsp3) is 0.167. The van der Waals surface area contributed by atoms with Crippen LogP contribution in [0.1, 0.15) is 5.56 Å². The van der Waals surface area contributed by atoms with E-state index in [1.807, 2.05) is 6.08 Å². The van der Waals surface area contributed by atoms with Crippen LogP contribution in [0.15, 0.2) is 42.5 Å². The SMILES string of the molecule is C=CC1=Cc2ccccc2N(C)C1. The van der Waals surface area contributed by atoms with E-state index < -0.39 is 0 Å². The third-order valence-corrected chi connectivity index (χ3v) is 2.37. The highest BCUT2D eigenvalue weighted by Crippen LogP contribution is 2.27. The lowest BCUT2D eigenvalue weighted by Crippen LogP contribution is -2.23. The molecule has 1 heteroatoms. The predicted octanol–water partition coefficient (Wildman–Crippen LogP) is 2.71. The van der Waals surface area contributed by atoms with Gasteiger partial charge in [-0.25, -0.2) is 0 Å². The summed E-state index contributed by atoms with van der Waals surface area (Å²) in [6, 6.07) is 8.41. The van der Waals surface area contributed by atoms with Crippen LogP contribution >= 0.6 is 0 Å². The first-order valence-electron chi connectivity index (χ1n) is 4.44. The van der Waals surface area contributed by atoms with Crippen molar-refractivity contribution in [1.82, 2.24) is 0 Å². The van der Waals surface area contributed by atoms with Gasteiger partial charge in [0.1, 0.15) is 0 Å². The van der Waals surface area contributed by atoms with Crippen molar-refractivity contribution in [3.8, 4) is 0 Å². The topological polar surface area (TPSA) is 3.24 Å². The third kappa shape index (κ3) is 1.37. The van der Waals surface area contributed by atoms with E-state index in [9.17, 15) is 0 Å². The van der Waals surface area contributed by atoms with Crippen molar-refractivity contribution >= 4 is 11.8 Å². The van der Waals surface area contributed by atoms with E-state index in [2.05, 4.69) is 48.9 Å². The third-order valence-electron chi connectivity index (χ3n) is 2.37. The number of para-hydroxylation sites is 1. The Hall–Kier alpha value is -1.50. The molecule has 0 fully saturated rings. The Labute approximate surface area is 79.0 Å². The Bertz CT molecular complexity index is 363. The Morgan fingerprint density at radius 2 is 2.15 bits per heavy atom. The molecule has 1 aromatic carbocycles. The van der Waals surface area contributed by atoms with Gasteiger partial charge in [0.05, 0.1) is 0 Å². The molecular weight excluding hydrogens is 158 g/mol. The second-order valence-corrected chi connectivity index (χ2v) is 3.34. The molecule has 0 N–H and O–H groups in total. The maximum atomic E-state index is 3.80. The molecule has 0 saturated carbocycles. The van der Waals surface area contributed by atoms with Gasteiger partial charge in [0.2, 0.25) is 0 Å². The minimum Gasteiger partial charge on any atom is -0.370 e. The fourth-order valence-electron chi connectivity index (χ4n) is 1.69. The smallest absolute Gasteiger partial charge is 0.0440 e. The van der Waals surface area contributed by atoms with Crippen LogP contribution in [0.2, 0.25) is 0 Å². The van der Waals surface area contributed by atoms with Crippen LogP contribution < -0.4 is 4.90 Å². The van der Waals surface area contributed by atoms with Crippen molar-refractivity contribution in [2.75, 3.05) is 18.5 Å². The molecule has 0 spiro atoms. The highest BCUT2D eigenvalue weighted by molar-refractivity contribution is 5.74. The maximum Gasteiger partial charge on any atom is 0.0440 e. The summed E-state index contributed by atoms with van der Waals surface area (Å²) in [5.41, 5.74) is 3.86. The number of nitrogens with zero attached hydrogens (tertiary/aromatic N) is 1. The molecule has 0 unspecified atom stereocenters. The first-order valence-corrected chi connectivity index (χ1v) is 4.44. The lowest BCUT2D eigenvalue weighted by atomic mass is 10.0. The molecule has 0 saturated heterocycles. The van der Waals surface area contributed by atoms with Crippen LogP contribution in [0, 0.1) is 0 Å². The van der Waals surface area contributed by atoms with Crippen molar-refractivity contribution in [1.29, 1.82) is 0 Å². The van der Waals surface area contributed by atoms with Crippen LogP contribution in [0.25, 0.3) is 6.08 Å². The molecule has 0 radical (unpaired) electrons. The summed E-state index contributed by atoms with van der Waals surface area (Å²) in [5, 5.41) is 0. The number of benzene rings is 1. The molecule has 13 heavy (non-hydrogen) atoms. The van der Waals surface area contributed by atoms with Crippen molar-refractivity contribution < 1.29 is 0 Å². The molecule has 1 aliphatic rings. The molecule has 1 heterocycles. The molecule has 2 rings (SSSR count). The Morgan fingerprint density at radius 3 is 2.92 bits per heavy atom. The number of anilines is 1. The van der Waals surface area contributed by atoms with Crippen molar-refractivity contribution in [2.45, 2.75) is 0 Å². The van der Waals surface area contributed by atoms with Crippen molar-refractivity contribution in [3.05, 3.63) is 48.1 Å². The molecule has 0 aliphatic carbocycles. The first kappa shape index (κ1) is 8.11. The second kappa shape index (κ2) is 3.09. The van der Waals surface area contributed by atoms with Gasteiger partial charge in [-0.05, 0) is 23.3 Å². The number of likely N-dealkylation sites (N-methyl/N-ethyl adjacent to an activating group) is 1. The van der Waals surface area contributed by atoms with E-state index in [4.69, 9.17) is 0 Å². The van der Waals surface area contributed by atoms with Crippen molar-refractivity contribution in [3.63, 3.8) is 0 Å². The van der Waals surface area contributed by atoms with E-state index in [0.29, 0.717) is 0 Å². The van der Waals surface area contributed by atoms with E-state index in [1.165, 1.54) is 16.8 Å². The normalized spacial score (nSPS) is 14.8. The van der Waals surface area contributed by atoms with Gasteiger partial charge in [-0.3, -0.25) is 0 Å². The average Bonchev–Trinajstić information content (AvgIpc) is 2.18. The molecular formula is C12H13N. The van der Waals surface area contributed by atoms with Crippen LogP contribution in [0.4, 0.5) is 5.69 Å². The Morgan fingerprint density at radius 1 is 1.38 bits per heavy atom. The average molecular weight is 171 g/mol. The second-order valence-electron chi connectivity index (χ2n) is 3.34. The van der Waals surface area contributed by atoms with E-state index in [1.54, 1.807) is 0 Å². The Kier molecular flexibility index (Phi) is 1.93. The Balaban J connectivity index is 2.52. The van der Waals surface area contributed by atoms with E-state index in [0.717, 1.165) is 6.54 Å². The summed E-state index contributed by atoms with van der Waals surface area (Å²) in [5.74, 6) is 0. The lowest BCUT2D eigenvalue weighted by Gasteiger charge is -2.26. The summed E-state index contributed by atoms with van der Waals surface area (Å²) in [6.45, 7) is 4.76. The molecule has 1 aliphatic heterocycles. The molecule has 1 aromatic rings. The minimum atomic E-state index is 0.959. The van der Waals surface area contributed by atoms with E-state index in [-0.39, 0.29) is 0 Å². The van der Waals surface area contributed by atoms with E-state index >= 15 is 0 Å². The van der Waals surface area contributed by atoms with Crippen molar-refractivity contribution in [2.24, 2.45) is 0 Å². The minimum absolute atomic E-state index is 0.959. The van der Waals surface area contributed by atoms with Gasteiger partial charge >= 0.3 is 0 Å². The monoisotopic (exact) mass is 171 g/mol. The summed E-state index contributed by atoms with van der Waals surface area (Å²) in [4.78, 5) is 2.24.